The van der Waals surface area contributed by atoms with Crippen LogP contribution in [0.4, 0.5) is 5.69 Å². The van der Waals surface area contributed by atoms with Gasteiger partial charge in [-0.25, -0.2) is 4.98 Å². The number of nitrogens with zero attached hydrogens (tertiary/aromatic N) is 1. The molecule has 3 N–H and O–H groups in total. The molecule has 3 rings (SSSR count). The van der Waals surface area contributed by atoms with E-state index in [-0.39, 0.29) is 18.4 Å². The van der Waals surface area contributed by atoms with E-state index >= 15 is 0 Å². The molecule has 1 aromatic heterocycles. The molecule has 1 aliphatic rings. The van der Waals surface area contributed by atoms with Gasteiger partial charge in [-0.2, -0.15) is 0 Å². The van der Waals surface area contributed by atoms with Crippen LogP contribution in [0.5, 0.6) is 0 Å². The number of rotatable bonds is 3. The first-order valence-electron chi connectivity index (χ1n) is 8.43. The molecular formula is C20H20N4O2. The Kier molecular flexibility index (Phi) is 4.90. The first-order chi connectivity index (χ1) is 12.5. The number of aryl methyl sites for hydroxylation is 2. The minimum atomic E-state index is -0.171. The lowest BCUT2D eigenvalue weighted by atomic mass is 9.96. The minimum absolute atomic E-state index is 0.0410. The number of fused-ring (bicyclic) bond motifs is 1. The van der Waals surface area contributed by atoms with Crippen LogP contribution < -0.4 is 10.6 Å². The maximum absolute atomic E-state index is 12.5. The van der Waals surface area contributed by atoms with Crippen LogP contribution in [0, 0.1) is 25.7 Å². The van der Waals surface area contributed by atoms with E-state index in [2.05, 4.69) is 32.4 Å². The maximum atomic E-state index is 12.5. The zero-order valence-corrected chi connectivity index (χ0v) is 15.0. The van der Waals surface area contributed by atoms with Crippen molar-refractivity contribution in [1.82, 2.24) is 15.3 Å². The molecule has 2 aromatic rings. The summed E-state index contributed by atoms with van der Waals surface area (Å²) >= 11 is 0. The van der Waals surface area contributed by atoms with Crippen LogP contribution in [-0.2, 0) is 9.59 Å². The molecule has 0 atom stereocenters. The zero-order valence-electron chi connectivity index (χ0n) is 15.0. The van der Waals surface area contributed by atoms with Gasteiger partial charge in [0, 0.05) is 23.2 Å². The number of carbonyl (C=O) groups excluding carboxylic acids is 2. The molecule has 6 heteroatoms. The molecule has 2 heterocycles. The van der Waals surface area contributed by atoms with Crippen LogP contribution >= 0.6 is 0 Å². The predicted octanol–water partition coefficient (Wildman–Crippen LogP) is 2.40. The SMILES string of the molecule is CCC(=O)NCC#Cc1c(C)ccc2c1/C(=C/c1nc[nH]c1C)C(=O)N2. The summed E-state index contributed by atoms with van der Waals surface area (Å²) in [6.07, 6.45) is 3.80. The molecule has 0 saturated carbocycles. The lowest BCUT2D eigenvalue weighted by Crippen LogP contribution is -2.22. The number of imidazole rings is 1. The highest BCUT2D eigenvalue weighted by Crippen LogP contribution is 2.37. The fourth-order valence-electron chi connectivity index (χ4n) is 2.74. The van der Waals surface area contributed by atoms with Gasteiger partial charge in [-0.05, 0) is 31.6 Å². The van der Waals surface area contributed by atoms with E-state index in [9.17, 15) is 9.59 Å². The van der Waals surface area contributed by atoms with Crippen LogP contribution in [0.2, 0.25) is 0 Å². The van der Waals surface area contributed by atoms with Gasteiger partial charge in [0.1, 0.15) is 0 Å². The van der Waals surface area contributed by atoms with Crippen molar-refractivity contribution < 1.29 is 9.59 Å². The summed E-state index contributed by atoms with van der Waals surface area (Å²) in [7, 11) is 0. The summed E-state index contributed by atoms with van der Waals surface area (Å²) < 4.78 is 0. The molecule has 0 radical (unpaired) electrons. The Labute approximate surface area is 152 Å². The fourth-order valence-corrected chi connectivity index (χ4v) is 2.74. The molecule has 0 spiro atoms. The van der Waals surface area contributed by atoms with Crippen molar-refractivity contribution in [1.29, 1.82) is 0 Å². The fraction of sp³-hybridized carbons (Fsp3) is 0.250. The number of H-pyrrole nitrogens is 1. The van der Waals surface area contributed by atoms with Crippen molar-refractivity contribution in [3.63, 3.8) is 0 Å². The van der Waals surface area contributed by atoms with Crippen LogP contribution in [0.1, 0.15) is 41.4 Å². The minimum Gasteiger partial charge on any atom is -0.348 e. The second kappa shape index (κ2) is 7.28. The Bertz CT molecular complexity index is 973. The topological polar surface area (TPSA) is 86.9 Å². The Hall–Kier alpha value is -3.33. The van der Waals surface area contributed by atoms with E-state index in [1.54, 1.807) is 19.3 Å². The largest absolute Gasteiger partial charge is 0.348 e. The molecule has 0 saturated heterocycles. The summed E-state index contributed by atoms with van der Waals surface area (Å²) in [4.78, 5) is 31.1. The molecule has 6 nitrogen and oxygen atoms in total. The monoisotopic (exact) mass is 348 g/mol. The number of benzene rings is 1. The second-order valence-corrected chi connectivity index (χ2v) is 6.04. The van der Waals surface area contributed by atoms with Crippen molar-refractivity contribution in [2.45, 2.75) is 27.2 Å². The van der Waals surface area contributed by atoms with Crippen LogP contribution in [0.15, 0.2) is 18.5 Å². The van der Waals surface area contributed by atoms with Crippen LogP contribution in [0.25, 0.3) is 11.6 Å². The van der Waals surface area contributed by atoms with Gasteiger partial charge in [0.2, 0.25) is 5.91 Å². The number of hydrogen-bond acceptors (Lipinski definition) is 3. The normalized spacial score (nSPS) is 13.8. The van der Waals surface area contributed by atoms with Crippen LogP contribution in [0.3, 0.4) is 0 Å². The van der Waals surface area contributed by atoms with Gasteiger partial charge >= 0.3 is 0 Å². The molecule has 132 valence electrons. The number of nitrogens with one attached hydrogen (secondary N) is 3. The second-order valence-electron chi connectivity index (χ2n) is 6.04. The zero-order chi connectivity index (χ0) is 18.7. The number of hydrogen-bond donors (Lipinski definition) is 3. The van der Waals surface area contributed by atoms with Gasteiger partial charge in [0.15, 0.2) is 0 Å². The third-order valence-electron chi connectivity index (χ3n) is 4.23. The number of anilines is 1. The van der Waals surface area contributed by atoms with E-state index in [0.29, 0.717) is 12.0 Å². The molecule has 0 fully saturated rings. The van der Waals surface area contributed by atoms with Crippen molar-refractivity contribution >= 4 is 29.2 Å². The number of aromatic nitrogens is 2. The van der Waals surface area contributed by atoms with E-state index in [1.807, 2.05) is 26.0 Å². The number of amides is 2. The maximum Gasteiger partial charge on any atom is 0.256 e. The molecule has 1 aromatic carbocycles. The molecule has 26 heavy (non-hydrogen) atoms. The van der Waals surface area contributed by atoms with Crippen molar-refractivity contribution in [2.75, 3.05) is 11.9 Å². The Balaban J connectivity index is 2.01. The Morgan fingerprint density at radius 2 is 2.15 bits per heavy atom. The van der Waals surface area contributed by atoms with Crippen LogP contribution in [-0.4, -0.2) is 28.3 Å². The number of carbonyl (C=O) groups is 2. The van der Waals surface area contributed by atoms with E-state index in [0.717, 1.165) is 33.8 Å². The molecule has 0 aliphatic carbocycles. The summed E-state index contributed by atoms with van der Waals surface area (Å²) in [6, 6.07) is 3.81. The highest BCUT2D eigenvalue weighted by atomic mass is 16.2. The Morgan fingerprint density at radius 3 is 2.85 bits per heavy atom. The standard InChI is InChI=1S/C20H20N4O2/c1-4-18(25)21-9-5-6-14-12(2)7-8-16-19(14)15(20(26)24-16)10-17-13(3)22-11-23-17/h7-8,10-11H,4,9H2,1-3H3,(H,21,25)(H,22,23)(H,24,26)/b15-10-. The van der Waals surface area contributed by atoms with Crippen molar-refractivity contribution in [3.05, 3.63) is 46.5 Å². The van der Waals surface area contributed by atoms with E-state index < -0.39 is 0 Å². The highest BCUT2D eigenvalue weighted by molar-refractivity contribution is 6.35. The highest BCUT2D eigenvalue weighted by Gasteiger charge is 2.27. The van der Waals surface area contributed by atoms with Gasteiger partial charge < -0.3 is 15.6 Å². The van der Waals surface area contributed by atoms with Crippen molar-refractivity contribution in [2.24, 2.45) is 0 Å². The van der Waals surface area contributed by atoms with Crippen molar-refractivity contribution in [3.8, 4) is 11.8 Å². The molecule has 0 unspecified atom stereocenters. The first-order valence-corrected chi connectivity index (χ1v) is 8.43. The Morgan fingerprint density at radius 1 is 1.35 bits per heavy atom. The van der Waals surface area contributed by atoms with Gasteiger partial charge in [0.05, 0.1) is 29.8 Å². The molecule has 0 bridgehead atoms. The first kappa shape index (κ1) is 17.5. The molecule has 2 amide bonds. The third kappa shape index (κ3) is 3.38. The summed E-state index contributed by atoms with van der Waals surface area (Å²) in [5.41, 5.74) is 5.43. The summed E-state index contributed by atoms with van der Waals surface area (Å²) in [6.45, 7) is 5.92. The lowest BCUT2D eigenvalue weighted by Gasteiger charge is -2.06. The average Bonchev–Trinajstić information content (AvgIpc) is 3.17. The quantitative estimate of drug-likeness (QED) is 0.588. The smallest absolute Gasteiger partial charge is 0.256 e. The van der Waals surface area contributed by atoms with Gasteiger partial charge in [-0.15, -0.1) is 0 Å². The van der Waals surface area contributed by atoms with Gasteiger partial charge in [-0.3, -0.25) is 9.59 Å². The lowest BCUT2D eigenvalue weighted by molar-refractivity contribution is -0.120. The third-order valence-corrected chi connectivity index (χ3v) is 4.23. The van der Waals surface area contributed by atoms with E-state index in [4.69, 9.17) is 0 Å². The molecular weight excluding hydrogens is 328 g/mol. The predicted molar refractivity (Wildman–Crippen MR) is 101 cm³/mol. The summed E-state index contributed by atoms with van der Waals surface area (Å²) in [5.74, 6) is 5.87. The van der Waals surface area contributed by atoms with E-state index in [1.165, 1.54) is 0 Å². The van der Waals surface area contributed by atoms with Gasteiger partial charge in [-0.1, -0.05) is 24.8 Å². The summed E-state index contributed by atoms with van der Waals surface area (Å²) in [5, 5.41) is 5.61. The molecule has 1 aliphatic heterocycles. The number of aromatic amines is 1. The van der Waals surface area contributed by atoms with Gasteiger partial charge in [0.25, 0.3) is 5.91 Å². The average molecular weight is 348 g/mol.